The van der Waals surface area contributed by atoms with Crippen molar-refractivity contribution in [1.29, 1.82) is 0 Å². The molecule has 114 valence electrons. The van der Waals surface area contributed by atoms with Gasteiger partial charge < -0.3 is 19.5 Å². The monoisotopic (exact) mass is 300 g/mol. The van der Waals surface area contributed by atoms with Crippen molar-refractivity contribution in [2.75, 3.05) is 7.11 Å². The molecule has 7 heteroatoms. The number of hydrogen-bond acceptors (Lipinski definition) is 5. The minimum atomic E-state index is -0.274. The summed E-state index contributed by atoms with van der Waals surface area (Å²) in [5.74, 6) is 1.72. The van der Waals surface area contributed by atoms with E-state index in [0.29, 0.717) is 23.7 Å². The fourth-order valence-corrected chi connectivity index (χ4v) is 2.21. The van der Waals surface area contributed by atoms with Crippen molar-refractivity contribution in [2.24, 2.45) is 0 Å². The van der Waals surface area contributed by atoms with E-state index >= 15 is 0 Å². The Bertz CT molecular complexity index is 806. The van der Waals surface area contributed by atoms with Crippen molar-refractivity contribution in [1.82, 2.24) is 20.3 Å². The zero-order chi connectivity index (χ0) is 15.5. The maximum atomic E-state index is 12.1. The van der Waals surface area contributed by atoms with Gasteiger partial charge in [0.05, 0.1) is 24.7 Å². The summed E-state index contributed by atoms with van der Waals surface area (Å²) < 4.78 is 10.3. The second kappa shape index (κ2) is 5.88. The van der Waals surface area contributed by atoms with Crippen LogP contribution in [-0.2, 0) is 13.0 Å². The Morgan fingerprint density at radius 2 is 2.32 bits per heavy atom. The number of hydrogen-bond donors (Lipinski definition) is 2. The SMILES string of the molecule is CCc1ocnc1C(=O)NCc1nc2ccc(OC)cc2[nH]1. The lowest BCUT2D eigenvalue weighted by Gasteiger charge is -2.01. The van der Waals surface area contributed by atoms with Crippen molar-refractivity contribution in [3.8, 4) is 5.75 Å². The highest BCUT2D eigenvalue weighted by molar-refractivity contribution is 5.93. The smallest absolute Gasteiger partial charge is 0.273 e. The van der Waals surface area contributed by atoms with E-state index in [-0.39, 0.29) is 12.5 Å². The Balaban J connectivity index is 1.72. The van der Waals surface area contributed by atoms with Crippen molar-refractivity contribution in [3.63, 3.8) is 0 Å². The van der Waals surface area contributed by atoms with Gasteiger partial charge in [-0.1, -0.05) is 6.92 Å². The third-order valence-corrected chi connectivity index (χ3v) is 3.33. The molecule has 2 heterocycles. The van der Waals surface area contributed by atoms with E-state index in [0.717, 1.165) is 16.8 Å². The van der Waals surface area contributed by atoms with E-state index in [1.807, 2.05) is 25.1 Å². The molecule has 3 rings (SSSR count). The average Bonchev–Trinajstić information content (AvgIpc) is 3.17. The third-order valence-electron chi connectivity index (χ3n) is 3.33. The van der Waals surface area contributed by atoms with Gasteiger partial charge in [-0.15, -0.1) is 0 Å². The zero-order valence-electron chi connectivity index (χ0n) is 12.3. The van der Waals surface area contributed by atoms with Crippen LogP contribution >= 0.6 is 0 Å². The number of imidazole rings is 1. The van der Waals surface area contributed by atoms with Gasteiger partial charge in [-0.05, 0) is 12.1 Å². The second-order valence-corrected chi connectivity index (χ2v) is 4.73. The molecule has 0 aliphatic rings. The highest BCUT2D eigenvalue weighted by Gasteiger charge is 2.15. The molecule has 22 heavy (non-hydrogen) atoms. The molecule has 0 atom stereocenters. The van der Waals surface area contributed by atoms with Gasteiger partial charge in [0.2, 0.25) is 0 Å². The standard InChI is InChI=1S/C15H16N4O3/c1-3-12-14(17-8-22-12)15(20)16-7-13-18-10-5-4-9(21-2)6-11(10)19-13/h4-6,8H,3,7H2,1-2H3,(H,16,20)(H,18,19). The maximum absolute atomic E-state index is 12.1. The number of H-pyrrole nitrogens is 1. The summed E-state index contributed by atoms with van der Waals surface area (Å²) in [5, 5.41) is 2.78. The summed E-state index contributed by atoms with van der Waals surface area (Å²) in [6.07, 6.45) is 1.90. The Labute approximate surface area is 126 Å². The topological polar surface area (TPSA) is 93.0 Å². The minimum absolute atomic E-state index is 0.274. The number of methoxy groups -OCH3 is 1. The first kappa shape index (κ1) is 14.1. The molecular formula is C15H16N4O3. The van der Waals surface area contributed by atoms with Crippen molar-refractivity contribution in [3.05, 3.63) is 41.9 Å². The van der Waals surface area contributed by atoms with Gasteiger partial charge in [-0.25, -0.2) is 9.97 Å². The first-order valence-corrected chi connectivity index (χ1v) is 6.94. The molecule has 0 aliphatic heterocycles. The minimum Gasteiger partial charge on any atom is -0.497 e. The number of aromatic amines is 1. The van der Waals surface area contributed by atoms with Gasteiger partial charge in [0, 0.05) is 12.5 Å². The predicted octanol–water partition coefficient (Wildman–Crippen LogP) is 2.05. The van der Waals surface area contributed by atoms with Gasteiger partial charge in [-0.2, -0.15) is 0 Å². The number of rotatable bonds is 5. The fraction of sp³-hybridized carbons (Fsp3) is 0.267. The maximum Gasteiger partial charge on any atom is 0.273 e. The van der Waals surface area contributed by atoms with E-state index in [2.05, 4.69) is 20.3 Å². The number of fused-ring (bicyclic) bond motifs is 1. The Morgan fingerprint density at radius 1 is 1.45 bits per heavy atom. The molecule has 0 spiro atoms. The molecule has 1 amide bonds. The number of nitrogens with one attached hydrogen (secondary N) is 2. The molecule has 0 radical (unpaired) electrons. The molecule has 7 nitrogen and oxygen atoms in total. The number of ether oxygens (including phenoxy) is 1. The lowest BCUT2D eigenvalue weighted by atomic mass is 10.2. The zero-order valence-corrected chi connectivity index (χ0v) is 12.3. The third kappa shape index (κ3) is 2.65. The van der Waals surface area contributed by atoms with Gasteiger partial charge in [0.1, 0.15) is 17.3 Å². The van der Waals surface area contributed by atoms with Crippen LogP contribution in [0.25, 0.3) is 11.0 Å². The van der Waals surface area contributed by atoms with Crippen LogP contribution in [0, 0.1) is 0 Å². The lowest BCUT2D eigenvalue weighted by molar-refractivity contribution is 0.0943. The summed E-state index contributed by atoms with van der Waals surface area (Å²) in [6.45, 7) is 2.19. The van der Waals surface area contributed by atoms with Gasteiger partial charge in [-0.3, -0.25) is 4.79 Å². The predicted molar refractivity (Wildman–Crippen MR) is 79.7 cm³/mol. The summed E-state index contributed by atoms with van der Waals surface area (Å²) >= 11 is 0. The number of carbonyl (C=O) groups is 1. The normalized spacial score (nSPS) is 10.8. The van der Waals surface area contributed by atoms with E-state index in [1.54, 1.807) is 7.11 Å². The molecule has 0 saturated carbocycles. The molecule has 0 fully saturated rings. The Morgan fingerprint density at radius 3 is 3.09 bits per heavy atom. The van der Waals surface area contributed by atoms with Crippen LogP contribution < -0.4 is 10.1 Å². The van der Waals surface area contributed by atoms with Crippen LogP contribution in [0.15, 0.2) is 29.0 Å². The molecular weight excluding hydrogens is 284 g/mol. The van der Waals surface area contributed by atoms with Crippen LogP contribution in [0.1, 0.15) is 29.0 Å². The highest BCUT2D eigenvalue weighted by Crippen LogP contribution is 2.18. The molecule has 0 unspecified atom stereocenters. The van der Waals surface area contributed by atoms with Crippen molar-refractivity contribution < 1.29 is 13.9 Å². The summed E-state index contributed by atoms with van der Waals surface area (Å²) in [7, 11) is 1.61. The fourth-order valence-electron chi connectivity index (χ4n) is 2.21. The first-order chi connectivity index (χ1) is 10.7. The first-order valence-electron chi connectivity index (χ1n) is 6.94. The van der Waals surface area contributed by atoms with Crippen molar-refractivity contribution >= 4 is 16.9 Å². The van der Waals surface area contributed by atoms with Crippen LogP contribution in [0.4, 0.5) is 0 Å². The average molecular weight is 300 g/mol. The summed E-state index contributed by atoms with van der Waals surface area (Å²) in [5.41, 5.74) is 2.00. The largest absolute Gasteiger partial charge is 0.497 e. The number of aryl methyl sites for hydroxylation is 1. The van der Waals surface area contributed by atoms with E-state index in [9.17, 15) is 4.79 Å². The van der Waals surface area contributed by atoms with Crippen LogP contribution in [0.5, 0.6) is 5.75 Å². The quantitative estimate of drug-likeness (QED) is 0.752. The highest BCUT2D eigenvalue weighted by atomic mass is 16.5. The number of aromatic nitrogens is 3. The van der Waals surface area contributed by atoms with Crippen LogP contribution in [-0.4, -0.2) is 28.0 Å². The number of nitrogens with zero attached hydrogens (tertiary/aromatic N) is 2. The number of benzene rings is 1. The molecule has 0 bridgehead atoms. The summed E-state index contributed by atoms with van der Waals surface area (Å²) in [6, 6.07) is 5.57. The molecule has 3 aromatic rings. The van der Waals surface area contributed by atoms with Crippen LogP contribution in [0.3, 0.4) is 0 Å². The van der Waals surface area contributed by atoms with Crippen LogP contribution in [0.2, 0.25) is 0 Å². The molecule has 1 aromatic carbocycles. The number of carbonyl (C=O) groups excluding carboxylic acids is 1. The summed E-state index contributed by atoms with van der Waals surface area (Å²) in [4.78, 5) is 23.6. The molecule has 2 aromatic heterocycles. The molecule has 2 N–H and O–H groups in total. The number of amides is 1. The van der Waals surface area contributed by atoms with E-state index in [4.69, 9.17) is 9.15 Å². The van der Waals surface area contributed by atoms with E-state index < -0.39 is 0 Å². The lowest BCUT2D eigenvalue weighted by Crippen LogP contribution is -2.24. The number of oxazole rings is 1. The van der Waals surface area contributed by atoms with Gasteiger partial charge in [0.25, 0.3) is 5.91 Å². The molecule has 0 aliphatic carbocycles. The van der Waals surface area contributed by atoms with Crippen molar-refractivity contribution in [2.45, 2.75) is 19.9 Å². The van der Waals surface area contributed by atoms with Gasteiger partial charge in [0.15, 0.2) is 12.1 Å². The second-order valence-electron chi connectivity index (χ2n) is 4.73. The van der Waals surface area contributed by atoms with Gasteiger partial charge >= 0.3 is 0 Å². The Hall–Kier alpha value is -2.83. The van der Waals surface area contributed by atoms with E-state index in [1.165, 1.54) is 6.39 Å². The Kier molecular flexibility index (Phi) is 3.78. The molecule has 0 saturated heterocycles.